The Balaban J connectivity index is 0.946. The van der Waals surface area contributed by atoms with Crippen molar-refractivity contribution in [2.24, 2.45) is 0 Å². The maximum atomic E-state index is 12.0. The minimum absolute atomic E-state index is 0.227. The van der Waals surface area contributed by atoms with Gasteiger partial charge in [0.1, 0.15) is 196 Å². The molecule has 35 atom stereocenters. The van der Waals surface area contributed by atoms with Crippen LogP contribution in [0.3, 0.4) is 0 Å². The van der Waals surface area contributed by atoms with Crippen LogP contribution in [0.25, 0.3) is 0 Å². The van der Waals surface area contributed by atoms with Gasteiger partial charge in [-0.1, -0.05) is 18.6 Å². The number of aliphatic hydroxyl groups excluding tert-OH is 20. The summed E-state index contributed by atoms with van der Waals surface area (Å²) in [6.07, 6.45) is -61.3. The number of ether oxygens (including phenoxy) is 14. The Labute approximate surface area is 516 Å². The Morgan fingerprint density at radius 3 is 0.901 bits per heavy atom. The van der Waals surface area contributed by atoms with Gasteiger partial charge in [0.25, 0.3) is 0 Å². The molecule has 0 amide bonds. The second-order valence-corrected chi connectivity index (χ2v) is 23.6. The molecular formula is C52H84N5O34+. The van der Waals surface area contributed by atoms with Gasteiger partial charge in [-0.15, -0.1) is 5.10 Å². The number of rotatable bonds is 13. The van der Waals surface area contributed by atoms with E-state index in [2.05, 4.69) is 17.2 Å². The summed E-state index contributed by atoms with van der Waals surface area (Å²) in [5, 5.41) is 233. The van der Waals surface area contributed by atoms with E-state index in [0.29, 0.717) is 5.69 Å². The molecule has 0 radical (unpaired) electrons. The molecular weight excluding hydrogens is 1240 g/mol. The van der Waals surface area contributed by atoms with E-state index in [9.17, 15) is 102 Å². The van der Waals surface area contributed by atoms with Crippen molar-refractivity contribution in [1.29, 1.82) is 0 Å². The van der Waals surface area contributed by atoms with Crippen LogP contribution in [0, 0.1) is 0 Å². The SMILES string of the molecule is CCCCn1cc[n+](Cc2cn(C[C@H]3O[C@@H]4O[C@H]5[C@H](O)[C@@H](O)[C@@H](O[C@H]6[C@H](O)[C@@H](O)[C@@H](O[C@H]7[C@H](O)C(O)[C@@H](O[C@H]8[C@H](O)[C@@H](O)[C@@H](O[C@H]9[C@H](O)[C@@H](O)[C@@H](O[C@H]%10[C@H](O)C(O)[C@@H](O[C@H]3[C@H](O)[C@H]4O)O[C@@H]%10CO)O[C@@H]9CO)O[C@@H]8CO)O[C@@H]7CO)O[C@@H]6CO)O[C@@H]5CO)nn2)c1. The number of unbranched alkanes of at least 4 members (excludes halogenated alkanes) is 1. The molecule has 2 aromatic heterocycles. The van der Waals surface area contributed by atoms with E-state index < -0.39 is 261 Å². The maximum absolute atomic E-state index is 12.0. The summed E-state index contributed by atoms with van der Waals surface area (Å²) in [6, 6.07) is 0. The van der Waals surface area contributed by atoms with Crippen molar-refractivity contribution >= 4 is 0 Å². The lowest BCUT2D eigenvalue weighted by Gasteiger charge is -2.50. The van der Waals surface area contributed by atoms with Gasteiger partial charge in [0, 0.05) is 0 Å². The average Bonchev–Trinajstić information content (AvgIpc) is 1.38. The number of aliphatic hydroxyl groups is 20. The fraction of sp³-hybridized carbons (Fsp3) is 0.904. The van der Waals surface area contributed by atoms with Gasteiger partial charge in [-0.05, 0) is 6.42 Å². The van der Waals surface area contributed by atoms with Crippen molar-refractivity contribution in [1.82, 2.24) is 19.6 Å². The third-order valence-electron chi connectivity index (χ3n) is 17.4. The summed E-state index contributed by atoms with van der Waals surface area (Å²) in [4.78, 5) is 0. The number of nitrogens with zero attached hydrogens (tertiary/aromatic N) is 5. The van der Waals surface area contributed by atoms with E-state index in [4.69, 9.17) is 66.3 Å². The molecule has 23 heterocycles. The molecule has 21 aliphatic heterocycles. The first kappa shape index (κ1) is 70.8. The lowest BCUT2D eigenvalue weighted by atomic mass is 9.95. The molecule has 20 N–H and O–H groups in total. The molecule has 520 valence electrons. The Bertz CT molecular complexity index is 2550. The second-order valence-electron chi connectivity index (χ2n) is 23.6. The number of hydrogen-bond donors (Lipinski definition) is 20. The molecule has 14 bridgehead atoms. The summed E-state index contributed by atoms with van der Waals surface area (Å²) < 4.78 is 87.0. The predicted molar refractivity (Wildman–Crippen MR) is 280 cm³/mol. The highest BCUT2D eigenvalue weighted by atomic mass is 16.8. The lowest BCUT2D eigenvalue weighted by molar-refractivity contribution is -0.688. The Hall–Kier alpha value is -3.01. The van der Waals surface area contributed by atoms with Crippen LogP contribution in [0.1, 0.15) is 25.5 Å². The maximum Gasteiger partial charge on any atom is 0.244 e. The topological polar surface area (TPSA) is 573 Å². The van der Waals surface area contributed by atoms with Gasteiger partial charge in [-0.2, -0.15) is 0 Å². The van der Waals surface area contributed by atoms with E-state index >= 15 is 0 Å². The first-order valence-corrected chi connectivity index (χ1v) is 29.8. The Morgan fingerprint density at radius 2 is 0.637 bits per heavy atom. The summed E-state index contributed by atoms with van der Waals surface area (Å²) in [7, 11) is 0. The van der Waals surface area contributed by atoms with Crippen LogP contribution in [0.4, 0.5) is 0 Å². The van der Waals surface area contributed by atoms with Crippen molar-refractivity contribution in [3.05, 3.63) is 30.6 Å². The zero-order chi connectivity index (χ0) is 65.4. The van der Waals surface area contributed by atoms with E-state index in [1.54, 1.807) is 0 Å². The molecule has 0 saturated carbocycles. The zero-order valence-corrected chi connectivity index (χ0v) is 48.7. The molecule has 0 aliphatic carbocycles. The number of hydrogen-bond acceptors (Lipinski definition) is 36. The number of aromatic nitrogens is 5. The first-order chi connectivity index (χ1) is 43.6. The van der Waals surface area contributed by atoms with Crippen LogP contribution < -0.4 is 4.57 Å². The number of imidazole rings is 1. The van der Waals surface area contributed by atoms with E-state index in [0.717, 1.165) is 19.4 Å². The van der Waals surface area contributed by atoms with E-state index in [1.807, 2.05) is 27.9 Å². The fourth-order valence-corrected chi connectivity index (χ4v) is 12.3. The summed E-state index contributed by atoms with van der Waals surface area (Å²) >= 11 is 0. The minimum atomic E-state index is -2.22. The van der Waals surface area contributed by atoms with Crippen LogP contribution in [0.15, 0.2) is 24.9 Å². The van der Waals surface area contributed by atoms with Gasteiger partial charge in [0.15, 0.2) is 44.0 Å². The van der Waals surface area contributed by atoms with Gasteiger partial charge in [0.2, 0.25) is 6.33 Å². The largest absolute Gasteiger partial charge is 0.394 e. The minimum Gasteiger partial charge on any atom is -0.394 e. The third-order valence-corrected chi connectivity index (χ3v) is 17.4. The fourth-order valence-electron chi connectivity index (χ4n) is 12.3. The monoisotopic (exact) mass is 1320 g/mol. The van der Waals surface area contributed by atoms with Crippen molar-refractivity contribution < 1.29 is 173 Å². The highest BCUT2D eigenvalue weighted by Gasteiger charge is 2.60. The predicted octanol–water partition coefficient (Wildman–Crippen LogP) is -14.0. The number of aryl methyl sites for hydroxylation is 1. The highest BCUT2D eigenvalue weighted by Crippen LogP contribution is 2.39. The van der Waals surface area contributed by atoms with Crippen LogP contribution in [0.2, 0.25) is 0 Å². The van der Waals surface area contributed by atoms with Crippen molar-refractivity contribution in [3.63, 3.8) is 0 Å². The summed E-state index contributed by atoms with van der Waals surface area (Å²) in [5.74, 6) is 0. The molecule has 2 aromatic rings. The quantitative estimate of drug-likeness (QED) is 0.0828. The van der Waals surface area contributed by atoms with Gasteiger partial charge in [0.05, 0.1) is 58.9 Å². The Kier molecular flexibility index (Phi) is 23.8. The molecule has 21 aliphatic rings. The normalized spacial score (nSPS) is 48.7. The van der Waals surface area contributed by atoms with Crippen molar-refractivity contribution in [3.8, 4) is 0 Å². The van der Waals surface area contributed by atoms with E-state index in [-0.39, 0.29) is 6.54 Å². The third kappa shape index (κ3) is 14.7. The van der Waals surface area contributed by atoms with Crippen LogP contribution in [-0.4, -0.2) is 376 Å². The van der Waals surface area contributed by atoms with Crippen molar-refractivity contribution in [2.75, 3.05) is 39.6 Å². The Morgan fingerprint density at radius 1 is 0.374 bits per heavy atom. The van der Waals surface area contributed by atoms with Crippen molar-refractivity contribution in [2.45, 2.75) is 254 Å². The zero-order valence-electron chi connectivity index (χ0n) is 48.7. The second kappa shape index (κ2) is 30.6. The van der Waals surface area contributed by atoms with Crippen LogP contribution in [-0.2, 0) is 86.0 Å². The summed E-state index contributed by atoms with van der Waals surface area (Å²) in [5.41, 5.74) is 0.421. The molecule has 0 spiro atoms. The molecule has 39 heteroatoms. The van der Waals surface area contributed by atoms with E-state index in [1.165, 1.54) is 10.9 Å². The summed E-state index contributed by atoms with van der Waals surface area (Å²) in [6.45, 7) is -3.67. The van der Waals surface area contributed by atoms with Gasteiger partial charge < -0.3 is 168 Å². The van der Waals surface area contributed by atoms with Crippen LogP contribution >= 0.6 is 0 Å². The van der Waals surface area contributed by atoms with Gasteiger partial charge >= 0.3 is 0 Å². The first-order valence-electron chi connectivity index (χ1n) is 29.8. The highest BCUT2D eigenvalue weighted by molar-refractivity contribution is 5.02. The standard InChI is InChI=1S/C52H84N5O34/c1-2-3-4-55-5-6-56(16-55)7-17-8-57(54-53-17)9-18-39-25(64)32(71)46(78-18)86-40-19(10-58)80-48(34(73)27(40)66)88-42-21(12-60)82-50(36(75)29(42)68)90-44-23(14-62)84-52(38(77)31(44)70)91-45-24(15-63)83-51(37(76)30(45)69)89-43-22(13-61)81-49(35(74)28(43)67)87-41-20(11-59)79-47(85-39)33(72)26(41)65/h5-6,8,16,18-52,58-77H,2-4,7,9-15H2,1H3/q+1/t18-,19-,20-,21-,22-,23-,24-,25-,26-,27-,28-,29-,30-,31-,32-,33?,34-,35-,36-,37-,38?,39-,40-,41-,42-,43-,44-,45-,46-,47-,48-,49-,50-,51-,52-/m1/s1. The molecule has 0 aromatic carbocycles. The van der Waals surface area contributed by atoms with Crippen LogP contribution in [0.5, 0.6) is 0 Å². The molecule has 21 saturated heterocycles. The van der Waals surface area contributed by atoms with Gasteiger partial charge in [-0.25, -0.2) is 13.8 Å². The molecule has 91 heavy (non-hydrogen) atoms. The lowest BCUT2D eigenvalue weighted by Crippen LogP contribution is -2.68. The van der Waals surface area contributed by atoms with Gasteiger partial charge in [-0.3, -0.25) is 0 Å². The average molecular weight is 1320 g/mol. The molecule has 2 unspecified atom stereocenters. The smallest absolute Gasteiger partial charge is 0.244 e. The molecule has 21 fully saturated rings. The molecule has 23 rings (SSSR count). The molecule has 39 nitrogen and oxygen atoms in total.